The number of hydrogen-bond donors (Lipinski definition) is 2. The Bertz CT molecular complexity index is 320. The zero-order chi connectivity index (χ0) is 8.01. The highest BCUT2D eigenvalue weighted by atomic mass is 16.4. The number of hydrogen-bond acceptors (Lipinski definition) is 2. The molecule has 2 aliphatic carbocycles. The van der Waals surface area contributed by atoms with E-state index in [4.69, 9.17) is 10.2 Å². The highest BCUT2D eigenvalue weighted by Crippen LogP contribution is 2.42. The molecule has 0 aromatic rings. The summed E-state index contributed by atoms with van der Waals surface area (Å²) in [4.78, 5) is 10.5. The first-order valence-corrected chi connectivity index (χ1v) is 3.26. The smallest absolute Gasteiger partial charge is 0.332 e. The molecule has 0 fully saturated rings. The predicted molar refractivity (Wildman–Crippen MR) is 38.0 cm³/mol. The Morgan fingerprint density at radius 3 is 2.82 bits per heavy atom. The van der Waals surface area contributed by atoms with Gasteiger partial charge in [-0.25, -0.2) is 4.79 Å². The summed E-state index contributed by atoms with van der Waals surface area (Å²) in [5, 5.41) is 17.7. The summed E-state index contributed by atoms with van der Waals surface area (Å²) >= 11 is 0. The number of aliphatic carboxylic acids is 1. The molecule has 0 radical (unpaired) electrons. The van der Waals surface area contributed by atoms with E-state index in [1.54, 1.807) is 6.08 Å². The van der Waals surface area contributed by atoms with E-state index in [1.165, 1.54) is 12.2 Å². The van der Waals surface area contributed by atoms with Gasteiger partial charge in [0.1, 0.15) is 5.76 Å². The Hall–Kier alpha value is -1.51. The maximum atomic E-state index is 10.5. The van der Waals surface area contributed by atoms with E-state index in [2.05, 4.69) is 0 Å². The van der Waals surface area contributed by atoms with Gasteiger partial charge in [-0.15, -0.1) is 0 Å². The fourth-order valence-electron chi connectivity index (χ4n) is 1.21. The maximum Gasteiger partial charge on any atom is 0.332 e. The second kappa shape index (κ2) is 1.75. The van der Waals surface area contributed by atoms with E-state index in [9.17, 15) is 4.79 Å². The van der Waals surface area contributed by atoms with Crippen molar-refractivity contribution in [3.05, 3.63) is 35.1 Å². The number of allylic oxidation sites excluding steroid dienone is 4. The van der Waals surface area contributed by atoms with Crippen molar-refractivity contribution in [3.8, 4) is 0 Å². The first-order valence-electron chi connectivity index (χ1n) is 3.26. The molecule has 3 nitrogen and oxygen atoms in total. The third kappa shape index (κ3) is 0.774. The topological polar surface area (TPSA) is 57.5 Å². The van der Waals surface area contributed by atoms with E-state index < -0.39 is 5.97 Å². The minimum absolute atomic E-state index is 0.127. The van der Waals surface area contributed by atoms with Crippen LogP contribution in [-0.2, 0) is 4.79 Å². The summed E-state index contributed by atoms with van der Waals surface area (Å²) in [7, 11) is 0. The lowest BCUT2D eigenvalue weighted by atomic mass is 10.0. The van der Waals surface area contributed by atoms with Crippen molar-refractivity contribution in [2.24, 2.45) is 5.92 Å². The minimum atomic E-state index is -0.912. The second-order valence-corrected chi connectivity index (χ2v) is 2.58. The molecule has 0 saturated carbocycles. The zero-order valence-electron chi connectivity index (χ0n) is 5.61. The van der Waals surface area contributed by atoms with Gasteiger partial charge in [0.2, 0.25) is 0 Å². The molecule has 0 bridgehead atoms. The van der Waals surface area contributed by atoms with Crippen molar-refractivity contribution in [3.63, 3.8) is 0 Å². The Morgan fingerprint density at radius 1 is 1.45 bits per heavy atom. The molecule has 1 atom stereocenters. The standard InChI is InChI=1S/C8H6O3/c9-7-2-1-4(8(10)11)5-3-6(5)7/h1-3,5,9H,(H,10,11)/t5-/m1/s1. The lowest BCUT2D eigenvalue weighted by Crippen LogP contribution is -2.06. The van der Waals surface area contributed by atoms with Crippen LogP contribution in [0.2, 0.25) is 0 Å². The molecular formula is C8H6O3. The third-order valence-corrected chi connectivity index (χ3v) is 1.87. The van der Waals surface area contributed by atoms with Gasteiger partial charge in [0, 0.05) is 17.1 Å². The zero-order valence-corrected chi connectivity index (χ0v) is 5.61. The van der Waals surface area contributed by atoms with E-state index >= 15 is 0 Å². The highest BCUT2D eigenvalue weighted by Gasteiger charge is 2.36. The molecule has 0 amide bonds. The molecule has 11 heavy (non-hydrogen) atoms. The van der Waals surface area contributed by atoms with Gasteiger partial charge in [-0.1, -0.05) is 6.08 Å². The minimum Gasteiger partial charge on any atom is -0.508 e. The van der Waals surface area contributed by atoms with Crippen LogP contribution in [0.1, 0.15) is 0 Å². The van der Waals surface area contributed by atoms with Gasteiger partial charge in [-0.2, -0.15) is 0 Å². The average Bonchev–Trinajstić information content (AvgIpc) is 2.66. The van der Waals surface area contributed by atoms with Crippen LogP contribution in [0.3, 0.4) is 0 Å². The fourth-order valence-corrected chi connectivity index (χ4v) is 1.21. The summed E-state index contributed by atoms with van der Waals surface area (Å²) < 4.78 is 0. The number of carboxylic acid groups (broad SMARTS) is 1. The van der Waals surface area contributed by atoms with Crippen molar-refractivity contribution in [1.82, 2.24) is 0 Å². The van der Waals surface area contributed by atoms with Crippen molar-refractivity contribution >= 4 is 5.97 Å². The Morgan fingerprint density at radius 2 is 2.18 bits per heavy atom. The van der Waals surface area contributed by atoms with Crippen LogP contribution >= 0.6 is 0 Å². The van der Waals surface area contributed by atoms with Gasteiger partial charge in [-0.05, 0) is 12.2 Å². The number of aliphatic hydroxyl groups excluding tert-OH is 1. The summed E-state index contributed by atoms with van der Waals surface area (Å²) in [6, 6.07) is 0. The summed E-state index contributed by atoms with van der Waals surface area (Å²) in [5.74, 6) is -0.845. The number of carbonyl (C=O) groups is 1. The summed E-state index contributed by atoms with van der Waals surface area (Å²) in [6.07, 6.45) is 4.59. The molecule has 3 heteroatoms. The lowest BCUT2D eigenvalue weighted by molar-refractivity contribution is -0.132. The Balaban J connectivity index is 2.34. The van der Waals surface area contributed by atoms with Crippen molar-refractivity contribution in [1.29, 1.82) is 0 Å². The molecule has 0 aromatic heterocycles. The Kier molecular flexibility index (Phi) is 0.990. The third-order valence-electron chi connectivity index (χ3n) is 1.87. The molecule has 0 aromatic carbocycles. The fraction of sp³-hybridized carbons (Fsp3) is 0.125. The molecule has 0 spiro atoms. The second-order valence-electron chi connectivity index (χ2n) is 2.58. The molecule has 2 aliphatic rings. The van der Waals surface area contributed by atoms with E-state index in [1.807, 2.05) is 0 Å². The molecule has 56 valence electrons. The van der Waals surface area contributed by atoms with Gasteiger partial charge in [-0.3, -0.25) is 0 Å². The lowest BCUT2D eigenvalue weighted by Gasteiger charge is -2.05. The van der Waals surface area contributed by atoms with Crippen molar-refractivity contribution < 1.29 is 15.0 Å². The van der Waals surface area contributed by atoms with Gasteiger partial charge < -0.3 is 10.2 Å². The molecule has 2 N–H and O–H groups in total. The molecule has 0 unspecified atom stereocenters. The van der Waals surface area contributed by atoms with Gasteiger partial charge in [0.05, 0.1) is 0 Å². The molecule has 0 aliphatic heterocycles. The monoisotopic (exact) mass is 150 g/mol. The van der Waals surface area contributed by atoms with E-state index in [0.717, 1.165) is 5.57 Å². The number of aliphatic hydroxyl groups is 1. The summed E-state index contributed by atoms with van der Waals surface area (Å²) in [6.45, 7) is 0. The van der Waals surface area contributed by atoms with Crippen LogP contribution in [0.4, 0.5) is 0 Å². The molecular weight excluding hydrogens is 144 g/mol. The normalized spacial score (nSPS) is 26.2. The van der Waals surface area contributed by atoms with Crippen LogP contribution in [0.15, 0.2) is 35.1 Å². The SMILES string of the molecule is O=C(O)C1=CC=C(O)C2=C[C@H]12. The molecule has 2 rings (SSSR count). The summed E-state index contributed by atoms with van der Waals surface area (Å²) in [5.41, 5.74) is 1.09. The van der Waals surface area contributed by atoms with Crippen LogP contribution < -0.4 is 0 Å². The van der Waals surface area contributed by atoms with Crippen LogP contribution in [0.5, 0.6) is 0 Å². The maximum absolute atomic E-state index is 10.5. The van der Waals surface area contributed by atoms with Crippen LogP contribution in [0.25, 0.3) is 0 Å². The predicted octanol–water partition coefficient (Wildman–Crippen LogP) is 1.01. The largest absolute Gasteiger partial charge is 0.508 e. The van der Waals surface area contributed by atoms with Crippen molar-refractivity contribution in [2.75, 3.05) is 0 Å². The number of fused-ring (bicyclic) bond motifs is 1. The van der Waals surface area contributed by atoms with Crippen molar-refractivity contribution in [2.45, 2.75) is 0 Å². The van der Waals surface area contributed by atoms with Gasteiger partial charge in [0.25, 0.3) is 0 Å². The Labute approximate surface area is 63.0 Å². The first-order chi connectivity index (χ1) is 5.20. The number of rotatable bonds is 1. The highest BCUT2D eigenvalue weighted by molar-refractivity contribution is 5.91. The quantitative estimate of drug-likeness (QED) is 0.586. The molecule has 0 heterocycles. The average molecular weight is 150 g/mol. The number of carboxylic acids is 1. The van der Waals surface area contributed by atoms with Gasteiger partial charge >= 0.3 is 5.97 Å². The van der Waals surface area contributed by atoms with Crippen LogP contribution in [-0.4, -0.2) is 16.2 Å². The molecule has 0 saturated heterocycles. The van der Waals surface area contributed by atoms with Gasteiger partial charge in [0.15, 0.2) is 0 Å². The first kappa shape index (κ1) is 6.22. The van der Waals surface area contributed by atoms with Crippen LogP contribution in [0, 0.1) is 5.92 Å². The van der Waals surface area contributed by atoms with E-state index in [0.29, 0.717) is 5.57 Å². The van der Waals surface area contributed by atoms with E-state index in [-0.39, 0.29) is 11.7 Å².